The molecule has 7 heteroatoms. The second kappa shape index (κ2) is 6.41. The molecule has 0 aliphatic carbocycles. The van der Waals surface area contributed by atoms with E-state index < -0.39 is 9.84 Å². The van der Waals surface area contributed by atoms with Crippen LogP contribution in [0, 0.1) is 0 Å². The fourth-order valence-corrected chi connectivity index (χ4v) is 3.59. The highest BCUT2D eigenvalue weighted by Crippen LogP contribution is 2.28. The maximum atomic E-state index is 12.6. The molecule has 0 heterocycles. The highest BCUT2D eigenvalue weighted by Gasteiger charge is 2.19. The van der Waals surface area contributed by atoms with E-state index in [4.69, 9.17) is 5.73 Å². The van der Waals surface area contributed by atoms with E-state index in [9.17, 15) is 13.2 Å². The quantitative estimate of drug-likeness (QED) is 0.662. The molecule has 0 unspecified atom stereocenters. The molecule has 0 aliphatic heterocycles. The SMILES string of the molecule is CSc1ccc(S(=O)(=O)c2ccc(N)c(NC(C)=O)c2)cc1. The van der Waals surface area contributed by atoms with Crippen LogP contribution in [0.4, 0.5) is 11.4 Å². The number of anilines is 2. The Morgan fingerprint density at radius 2 is 1.68 bits per heavy atom. The van der Waals surface area contributed by atoms with E-state index in [1.807, 2.05) is 6.26 Å². The molecular weight excluding hydrogens is 320 g/mol. The van der Waals surface area contributed by atoms with E-state index in [0.29, 0.717) is 5.69 Å². The maximum Gasteiger partial charge on any atom is 0.221 e. The summed E-state index contributed by atoms with van der Waals surface area (Å²) in [6, 6.07) is 10.9. The fourth-order valence-electron chi connectivity index (χ4n) is 1.89. The Balaban J connectivity index is 2.46. The first-order valence-electron chi connectivity index (χ1n) is 6.41. The Hall–Kier alpha value is -1.99. The van der Waals surface area contributed by atoms with E-state index >= 15 is 0 Å². The molecule has 0 saturated heterocycles. The van der Waals surface area contributed by atoms with Crippen molar-refractivity contribution in [3.8, 4) is 0 Å². The number of benzene rings is 2. The van der Waals surface area contributed by atoms with Crippen LogP contribution in [-0.4, -0.2) is 20.6 Å². The lowest BCUT2D eigenvalue weighted by atomic mass is 10.2. The second-order valence-corrected chi connectivity index (χ2v) is 7.44. The first-order chi connectivity index (χ1) is 10.3. The van der Waals surface area contributed by atoms with E-state index in [1.165, 1.54) is 36.9 Å². The van der Waals surface area contributed by atoms with Gasteiger partial charge < -0.3 is 11.1 Å². The Labute approximate surface area is 133 Å². The Bertz CT molecular complexity index is 800. The molecule has 0 fully saturated rings. The number of carbonyl (C=O) groups is 1. The standard InChI is InChI=1S/C15H16N2O3S2/c1-10(18)17-15-9-13(7-8-14(15)16)22(19,20)12-5-3-11(21-2)4-6-12/h3-9H,16H2,1-2H3,(H,17,18). The molecule has 3 N–H and O–H groups in total. The topological polar surface area (TPSA) is 89.3 Å². The zero-order valence-corrected chi connectivity index (χ0v) is 13.8. The van der Waals surface area contributed by atoms with Crippen molar-refractivity contribution >= 4 is 38.9 Å². The lowest BCUT2D eigenvalue weighted by Crippen LogP contribution is -2.10. The molecule has 0 aromatic heterocycles. The minimum Gasteiger partial charge on any atom is -0.397 e. The van der Waals surface area contributed by atoms with E-state index in [1.54, 1.807) is 24.3 Å². The van der Waals surface area contributed by atoms with Crippen molar-refractivity contribution in [2.24, 2.45) is 0 Å². The molecule has 1 amide bonds. The molecule has 0 bridgehead atoms. The van der Waals surface area contributed by atoms with Crippen LogP contribution in [0.5, 0.6) is 0 Å². The minimum atomic E-state index is -3.66. The largest absolute Gasteiger partial charge is 0.397 e. The number of carbonyl (C=O) groups excluding carboxylic acids is 1. The van der Waals surface area contributed by atoms with E-state index in [0.717, 1.165) is 4.90 Å². The van der Waals surface area contributed by atoms with Crippen molar-refractivity contribution in [1.29, 1.82) is 0 Å². The van der Waals surface area contributed by atoms with Gasteiger partial charge >= 0.3 is 0 Å². The van der Waals surface area contributed by atoms with Crippen LogP contribution in [-0.2, 0) is 14.6 Å². The number of sulfone groups is 1. The van der Waals surface area contributed by atoms with Crippen molar-refractivity contribution in [3.05, 3.63) is 42.5 Å². The summed E-state index contributed by atoms with van der Waals surface area (Å²) in [7, 11) is -3.66. The lowest BCUT2D eigenvalue weighted by Gasteiger charge is -2.10. The number of nitrogens with one attached hydrogen (secondary N) is 1. The zero-order valence-electron chi connectivity index (χ0n) is 12.2. The van der Waals surface area contributed by atoms with Crippen LogP contribution in [0.25, 0.3) is 0 Å². The number of thioether (sulfide) groups is 1. The summed E-state index contributed by atoms with van der Waals surface area (Å²) in [6.07, 6.45) is 1.92. The molecule has 22 heavy (non-hydrogen) atoms. The van der Waals surface area contributed by atoms with Crippen LogP contribution in [0.1, 0.15) is 6.92 Å². The van der Waals surface area contributed by atoms with Gasteiger partial charge in [-0.2, -0.15) is 0 Å². The molecule has 0 atom stereocenters. The predicted octanol–water partition coefficient (Wildman–Crippen LogP) is 2.78. The number of nitrogens with two attached hydrogens (primary N) is 1. The van der Waals surface area contributed by atoms with Gasteiger partial charge in [0.05, 0.1) is 21.2 Å². The van der Waals surface area contributed by atoms with Crippen molar-refractivity contribution in [2.75, 3.05) is 17.3 Å². The monoisotopic (exact) mass is 336 g/mol. The number of amides is 1. The van der Waals surface area contributed by atoms with Crippen LogP contribution >= 0.6 is 11.8 Å². The Morgan fingerprint density at radius 1 is 1.09 bits per heavy atom. The van der Waals surface area contributed by atoms with Crippen molar-refractivity contribution in [1.82, 2.24) is 0 Å². The summed E-state index contributed by atoms with van der Waals surface area (Å²) in [5.41, 5.74) is 6.34. The third-order valence-corrected chi connectivity index (χ3v) is 5.53. The summed E-state index contributed by atoms with van der Waals surface area (Å²) in [5, 5.41) is 2.52. The summed E-state index contributed by atoms with van der Waals surface area (Å²) < 4.78 is 25.2. The first-order valence-corrected chi connectivity index (χ1v) is 9.11. The van der Waals surface area contributed by atoms with Gasteiger partial charge in [-0.05, 0) is 48.7 Å². The summed E-state index contributed by atoms with van der Waals surface area (Å²) in [6.45, 7) is 1.34. The molecule has 2 aromatic carbocycles. The zero-order chi connectivity index (χ0) is 16.3. The summed E-state index contributed by atoms with van der Waals surface area (Å²) >= 11 is 1.54. The van der Waals surface area contributed by atoms with Gasteiger partial charge in [-0.25, -0.2) is 8.42 Å². The van der Waals surface area contributed by atoms with E-state index in [-0.39, 0.29) is 21.4 Å². The van der Waals surface area contributed by atoms with Crippen LogP contribution in [0.3, 0.4) is 0 Å². The average Bonchev–Trinajstić information content (AvgIpc) is 2.49. The molecule has 0 saturated carbocycles. The molecular formula is C15H16N2O3S2. The third-order valence-electron chi connectivity index (χ3n) is 3.02. The smallest absolute Gasteiger partial charge is 0.221 e. The molecule has 2 aromatic rings. The van der Waals surface area contributed by atoms with E-state index in [2.05, 4.69) is 5.32 Å². The number of hydrogen-bond donors (Lipinski definition) is 2. The van der Waals surface area contributed by atoms with Crippen LogP contribution < -0.4 is 11.1 Å². The van der Waals surface area contributed by atoms with Crippen molar-refractivity contribution in [2.45, 2.75) is 21.6 Å². The van der Waals surface area contributed by atoms with Gasteiger partial charge in [0.1, 0.15) is 0 Å². The van der Waals surface area contributed by atoms with Crippen molar-refractivity contribution < 1.29 is 13.2 Å². The highest BCUT2D eigenvalue weighted by atomic mass is 32.2. The number of rotatable bonds is 4. The Kier molecular flexibility index (Phi) is 4.77. The lowest BCUT2D eigenvalue weighted by molar-refractivity contribution is -0.114. The predicted molar refractivity (Wildman–Crippen MR) is 88.8 cm³/mol. The second-order valence-electron chi connectivity index (χ2n) is 4.61. The van der Waals surface area contributed by atoms with Crippen LogP contribution in [0.2, 0.25) is 0 Å². The van der Waals surface area contributed by atoms with Gasteiger partial charge in [0.2, 0.25) is 15.7 Å². The van der Waals surface area contributed by atoms with Gasteiger partial charge in [-0.3, -0.25) is 4.79 Å². The average molecular weight is 336 g/mol. The molecule has 116 valence electrons. The maximum absolute atomic E-state index is 12.6. The molecule has 0 spiro atoms. The molecule has 0 aliphatic rings. The minimum absolute atomic E-state index is 0.0855. The van der Waals surface area contributed by atoms with Crippen LogP contribution in [0.15, 0.2) is 57.2 Å². The fraction of sp³-hybridized carbons (Fsp3) is 0.133. The van der Waals surface area contributed by atoms with Gasteiger partial charge in [0.15, 0.2) is 0 Å². The van der Waals surface area contributed by atoms with Crippen molar-refractivity contribution in [3.63, 3.8) is 0 Å². The summed E-state index contributed by atoms with van der Waals surface area (Å²) in [4.78, 5) is 12.4. The molecule has 0 radical (unpaired) electrons. The van der Waals surface area contributed by atoms with Gasteiger partial charge in [-0.15, -0.1) is 11.8 Å². The highest BCUT2D eigenvalue weighted by molar-refractivity contribution is 7.98. The number of nitrogen functional groups attached to an aromatic ring is 1. The van der Waals surface area contributed by atoms with Gasteiger partial charge in [0, 0.05) is 11.8 Å². The third kappa shape index (κ3) is 3.42. The molecule has 5 nitrogen and oxygen atoms in total. The van der Waals surface area contributed by atoms with Gasteiger partial charge in [0.25, 0.3) is 0 Å². The van der Waals surface area contributed by atoms with Gasteiger partial charge in [-0.1, -0.05) is 0 Å². The first kappa shape index (κ1) is 16.4. The molecule has 2 rings (SSSR count). The summed E-state index contributed by atoms with van der Waals surface area (Å²) in [5.74, 6) is -0.314. The normalized spacial score (nSPS) is 11.2. The number of hydrogen-bond acceptors (Lipinski definition) is 5. The Morgan fingerprint density at radius 3 is 2.23 bits per heavy atom.